The van der Waals surface area contributed by atoms with Crippen LogP contribution >= 0.6 is 22.6 Å². The van der Waals surface area contributed by atoms with Crippen LogP contribution in [0.2, 0.25) is 0 Å². The van der Waals surface area contributed by atoms with Crippen LogP contribution in [0.3, 0.4) is 0 Å². The van der Waals surface area contributed by atoms with Crippen molar-refractivity contribution in [3.8, 4) is 0 Å². The molecule has 0 saturated carbocycles. The zero-order valence-corrected chi connectivity index (χ0v) is 8.08. The Kier molecular flexibility index (Phi) is 1.56. The molecule has 56 valence electrons. The summed E-state index contributed by atoms with van der Waals surface area (Å²) in [4.78, 5) is 3.04. The molecule has 2 aromatic rings. The van der Waals surface area contributed by atoms with Gasteiger partial charge in [-0.15, -0.1) is 10.2 Å². The van der Waals surface area contributed by atoms with E-state index in [1.165, 1.54) is 5.56 Å². The second kappa shape index (κ2) is 2.44. The fourth-order valence-corrected chi connectivity index (χ4v) is 1.45. The lowest BCUT2D eigenvalue weighted by Crippen LogP contribution is -1.85. The predicted molar refractivity (Wildman–Crippen MR) is 51.3 cm³/mol. The minimum Gasteiger partial charge on any atom is -0.344 e. The average molecular weight is 259 g/mol. The van der Waals surface area contributed by atoms with E-state index < -0.39 is 0 Å². The number of nitrogens with one attached hydrogen (secondary N) is 1. The van der Waals surface area contributed by atoms with E-state index in [4.69, 9.17) is 0 Å². The van der Waals surface area contributed by atoms with E-state index >= 15 is 0 Å². The number of hydrogen-bond donors (Lipinski definition) is 1. The monoisotopic (exact) mass is 259 g/mol. The number of aryl methyl sites for hydroxylation is 1. The van der Waals surface area contributed by atoms with Gasteiger partial charge in [-0.05, 0) is 41.1 Å². The molecule has 0 amide bonds. The Bertz CT molecular complexity index is 393. The molecule has 0 fully saturated rings. The lowest BCUT2D eigenvalue weighted by atomic mass is 10.3. The van der Waals surface area contributed by atoms with Crippen LogP contribution in [-0.4, -0.2) is 15.2 Å². The predicted octanol–water partition coefficient (Wildman–Crippen LogP) is 1.87. The first-order valence-electron chi connectivity index (χ1n) is 3.24. The molecular weight excluding hydrogens is 253 g/mol. The standard InChI is InChI=1S/C7H6IN3/c1-4-3-9-7-5(4)2-6(8)10-11-7/h2-3H,1H3,(H,9,11). The van der Waals surface area contributed by atoms with Crippen LogP contribution in [0.1, 0.15) is 5.56 Å². The van der Waals surface area contributed by atoms with Crippen LogP contribution in [0.25, 0.3) is 11.0 Å². The van der Waals surface area contributed by atoms with Crippen molar-refractivity contribution in [3.05, 3.63) is 21.5 Å². The van der Waals surface area contributed by atoms with E-state index in [0.717, 1.165) is 14.7 Å². The van der Waals surface area contributed by atoms with Crippen molar-refractivity contribution in [1.82, 2.24) is 15.2 Å². The molecule has 0 saturated heterocycles. The Morgan fingerprint density at radius 3 is 3.09 bits per heavy atom. The second-order valence-electron chi connectivity index (χ2n) is 2.40. The second-order valence-corrected chi connectivity index (χ2v) is 3.51. The molecule has 2 aromatic heterocycles. The van der Waals surface area contributed by atoms with Gasteiger partial charge in [0.2, 0.25) is 0 Å². The van der Waals surface area contributed by atoms with Gasteiger partial charge in [0.15, 0.2) is 5.65 Å². The SMILES string of the molecule is Cc1c[nH]c2nnc(I)cc12. The number of H-pyrrole nitrogens is 1. The molecule has 0 aliphatic carbocycles. The Balaban J connectivity index is 2.87. The lowest BCUT2D eigenvalue weighted by molar-refractivity contribution is 1.03. The lowest BCUT2D eigenvalue weighted by Gasteiger charge is -1.89. The van der Waals surface area contributed by atoms with Gasteiger partial charge in [0.25, 0.3) is 0 Å². The molecule has 2 heterocycles. The van der Waals surface area contributed by atoms with Gasteiger partial charge >= 0.3 is 0 Å². The third kappa shape index (κ3) is 1.11. The number of halogens is 1. The molecule has 0 radical (unpaired) electrons. The third-order valence-corrected chi connectivity index (χ3v) is 2.14. The fraction of sp³-hybridized carbons (Fsp3) is 0.143. The minimum absolute atomic E-state index is 0.864. The molecule has 0 spiro atoms. The van der Waals surface area contributed by atoms with Crippen molar-refractivity contribution in [2.45, 2.75) is 6.92 Å². The molecule has 4 heteroatoms. The maximum atomic E-state index is 3.99. The smallest absolute Gasteiger partial charge is 0.160 e. The highest BCUT2D eigenvalue weighted by molar-refractivity contribution is 14.1. The average Bonchev–Trinajstić information content (AvgIpc) is 2.33. The quantitative estimate of drug-likeness (QED) is 0.734. The van der Waals surface area contributed by atoms with Gasteiger partial charge in [-0.1, -0.05) is 0 Å². The van der Waals surface area contributed by atoms with Crippen LogP contribution in [0.4, 0.5) is 0 Å². The van der Waals surface area contributed by atoms with E-state index in [9.17, 15) is 0 Å². The van der Waals surface area contributed by atoms with E-state index in [1.54, 1.807) is 0 Å². The van der Waals surface area contributed by atoms with Crippen LogP contribution in [0.5, 0.6) is 0 Å². The van der Waals surface area contributed by atoms with E-state index in [2.05, 4.69) is 44.7 Å². The van der Waals surface area contributed by atoms with Gasteiger partial charge in [-0.3, -0.25) is 0 Å². The first-order chi connectivity index (χ1) is 5.27. The molecule has 1 N–H and O–H groups in total. The summed E-state index contributed by atoms with van der Waals surface area (Å²) in [6, 6.07) is 2.02. The van der Waals surface area contributed by atoms with Crippen LogP contribution in [-0.2, 0) is 0 Å². The highest BCUT2D eigenvalue weighted by Crippen LogP contribution is 2.15. The summed E-state index contributed by atoms with van der Waals surface area (Å²) < 4.78 is 0.929. The van der Waals surface area contributed by atoms with Crippen molar-refractivity contribution in [1.29, 1.82) is 0 Å². The molecule has 0 aromatic carbocycles. The van der Waals surface area contributed by atoms with Crippen LogP contribution < -0.4 is 0 Å². The number of fused-ring (bicyclic) bond motifs is 1. The van der Waals surface area contributed by atoms with E-state index in [-0.39, 0.29) is 0 Å². The van der Waals surface area contributed by atoms with Gasteiger partial charge in [0.1, 0.15) is 3.70 Å². The minimum atomic E-state index is 0.864. The first kappa shape index (κ1) is 7.02. The largest absolute Gasteiger partial charge is 0.344 e. The van der Waals surface area contributed by atoms with Gasteiger partial charge < -0.3 is 4.98 Å². The Morgan fingerprint density at radius 1 is 1.45 bits per heavy atom. The highest BCUT2D eigenvalue weighted by atomic mass is 127. The fourth-order valence-electron chi connectivity index (χ4n) is 1.03. The first-order valence-corrected chi connectivity index (χ1v) is 4.32. The van der Waals surface area contributed by atoms with Gasteiger partial charge in [0, 0.05) is 11.6 Å². The molecule has 3 nitrogen and oxygen atoms in total. The van der Waals surface area contributed by atoms with Crippen molar-refractivity contribution >= 4 is 33.6 Å². The van der Waals surface area contributed by atoms with E-state index in [1.807, 2.05) is 12.3 Å². The molecule has 2 rings (SSSR count). The van der Waals surface area contributed by atoms with Crippen molar-refractivity contribution in [2.75, 3.05) is 0 Å². The molecule has 0 bridgehead atoms. The molecule has 0 unspecified atom stereocenters. The Morgan fingerprint density at radius 2 is 2.27 bits per heavy atom. The summed E-state index contributed by atoms with van der Waals surface area (Å²) in [6.45, 7) is 2.05. The molecule has 11 heavy (non-hydrogen) atoms. The van der Waals surface area contributed by atoms with Gasteiger partial charge in [0.05, 0.1) is 0 Å². The van der Waals surface area contributed by atoms with E-state index in [0.29, 0.717) is 0 Å². The summed E-state index contributed by atoms with van der Waals surface area (Å²) in [5.41, 5.74) is 2.08. The third-order valence-electron chi connectivity index (χ3n) is 1.61. The van der Waals surface area contributed by atoms with Gasteiger partial charge in [-0.25, -0.2) is 0 Å². The molecule has 0 aliphatic rings. The summed E-state index contributed by atoms with van der Waals surface area (Å²) in [5, 5.41) is 9.07. The van der Waals surface area contributed by atoms with Crippen LogP contribution in [0, 0.1) is 10.6 Å². The van der Waals surface area contributed by atoms with Crippen molar-refractivity contribution in [3.63, 3.8) is 0 Å². The molecular formula is C7H6IN3. The maximum Gasteiger partial charge on any atom is 0.160 e. The number of aromatic nitrogens is 3. The normalized spacial score (nSPS) is 10.7. The topological polar surface area (TPSA) is 41.6 Å². The Hall–Kier alpha value is -0.650. The Labute approximate surface area is 77.4 Å². The molecule has 0 atom stereocenters. The molecule has 0 aliphatic heterocycles. The number of rotatable bonds is 0. The van der Waals surface area contributed by atoms with Crippen molar-refractivity contribution in [2.24, 2.45) is 0 Å². The zero-order chi connectivity index (χ0) is 7.84. The zero-order valence-electron chi connectivity index (χ0n) is 5.93. The highest BCUT2D eigenvalue weighted by Gasteiger charge is 2.00. The van der Waals surface area contributed by atoms with Crippen molar-refractivity contribution < 1.29 is 0 Å². The number of nitrogens with zero attached hydrogens (tertiary/aromatic N) is 2. The summed E-state index contributed by atoms with van der Waals surface area (Å²) in [5.74, 6) is 0. The van der Waals surface area contributed by atoms with Gasteiger partial charge in [-0.2, -0.15) is 0 Å². The van der Waals surface area contributed by atoms with Crippen LogP contribution in [0.15, 0.2) is 12.3 Å². The summed E-state index contributed by atoms with van der Waals surface area (Å²) in [7, 11) is 0. The maximum absolute atomic E-state index is 3.99. The number of hydrogen-bond acceptors (Lipinski definition) is 2. The summed E-state index contributed by atoms with van der Waals surface area (Å²) >= 11 is 2.15. The number of aromatic amines is 1. The summed E-state index contributed by atoms with van der Waals surface area (Å²) in [6.07, 6.45) is 1.94.